The van der Waals surface area contributed by atoms with Gasteiger partial charge in [0.15, 0.2) is 0 Å². The van der Waals surface area contributed by atoms with E-state index in [4.69, 9.17) is 33.3 Å². The van der Waals surface area contributed by atoms with Gasteiger partial charge in [-0.25, -0.2) is 4.39 Å². The molecule has 5 nitrogen and oxygen atoms in total. The van der Waals surface area contributed by atoms with Crippen LogP contribution >= 0.6 is 23.2 Å². The molecule has 0 saturated carbocycles. The van der Waals surface area contributed by atoms with Gasteiger partial charge in [-0.15, -0.1) is 0 Å². The Kier molecular flexibility index (Phi) is 9.19. The quantitative estimate of drug-likeness (QED) is 0.193. The summed E-state index contributed by atoms with van der Waals surface area (Å²) in [4.78, 5) is 2.43. The average molecular weight is 558 g/mol. The van der Waals surface area contributed by atoms with E-state index in [1.54, 1.807) is 30.3 Å². The summed E-state index contributed by atoms with van der Waals surface area (Å²) < 4.78 is 23.5. The van der Waals surface area contributed by atoms with E-state index in [1.165, 1.54) is 12.1 Å². The lowest BCUT2D eigenvalue weighted by Gasteiger charge is -2.30. The van der Waals surface area contributed by atoms with Gasteiger partial charge in [0.05, 0.1) is 22.7 Å². The molecule has 8 heteroatoms. The molecule has 1 heterocycles. The molecule has 0 radical (unpaired) electrons. The number of ether oxygens (including phenoxy) is 1. The molecule has 38 heavy (non-hydrogen) atoms. The highest BCUT2D eigenvalue weighted by atomic mass is 35.5. The van der Waals surface area contributed by atoms with Crippen LogP contribution in [0.1, 0.15) is 34.1 Å². The molecule has 0 saturated heterocycles. The molecule has 4 rings (SSSR count). The maximum atomic E-state index is 13.5. The van der Waals surface area contributed by atoms with Crippen LogP contribution in [0.25, 0.3) is 22.2 Å². The summed E-state index contributed by atoms with van der Waals surface area (Å²) in [6, 6.07) is 18.7. The summed E-state index contributed by atoms with van der Waals surface area (Å²) in [5.74, 6) is 0.343. The third-order valence-electron chi connectivity index (χ3n) is 6.83. The molecule has 0 fully saturated rings. The molecule has 3 aromatic carbocycles. The lowest BCUT2D eigenvalue weighted by molar-refractivity contribution is 0.168. The first-order valence-electron chi connectivity index (χ1n) is 13.0. The Morgan fingerprint density at radius 1 is 0.842 bits per heavy atom. The van der Waals surface area contributed by atoms with Gasteiger partial charge in [0.1, 0.15) is 11.6 Å². The van der Waals surface area contributed by atoms with E-state index in [2.05, 4.69) is 49.3 Å². The number of rotatable bonds is 11. The number of aromatic nitrogens is 2. The lowest BCUT2D eigenvalue weighted by Crippen LogP contribution is -2.40. The smallest absolute Gasteiger partial charge is 0.203 e. The van der Waals surface area contributed by atoms with Gasteiger partial charge < -0.3 is 13.9 Å². The first kappa shape index (κ1) is 28.2. The molecule has 1 aromatic heterocycles. The predicted molar refractivity (Wildman–Crippen MR) is 155 cm³/mol. The fourth-order valence-corrected chi connectivity index (χ4v) is 5.40. The van der Waals surface area contributed by atoms with Crippen molar-refractivity contribution in [3.05, 3.63) is 82.1 Å². The minimum atomic E-state index is -0.256. The van der Waals surface area contributed by atoms with E-state index in [-0.39, 0.29) is 5.82 Å². The second-order valence-electron chi connectivity index (χ2n) is 10.0. The minimum Gasteiger partial charge on any atom is -0.492 e. The van der Waals surface area contributed by atoms with Gasteiger partial charge in [0.2, 0.25) is 5.62 Å². The maximum absolute atomic E-state index is 13.5. The van der Waals surface area contributed by atoms with Crippen molar-refractivity contribution < 1.29 is 9.13 Å². The summed E-state index contributed by atoms with van der Waals surface area (Å²) in [7, 11) is 0. The second-order valence-corrected chi connectivity index (χ2v) is 10.9. The molecule has 0 bridgehead atoms. The molecule has 1 N–H and O–H groups in total. The summed E-state index contributed by atoms with van der Waals surface area (Å²) in [6.07, 6.45) is 0.707. The molecule has 4 aromatic rings. The molecule has 0 unspecified atom stereocenters. The van der Waals surface area contributed by atoms with Gasteiger partial charge in [0, 0.05) is 36.7 Å². The van der Waals surface area contributed by atoms with Crippen molar-refractivity contribution in [2.45, 2.75) is 59.3 Å². The molecule has 0 aliphatic carbocycles. The van der Waals surface area contributed by atoms with Gasteiger partial charge in [-0.2, -0.15) is 0 Å². The first-order valence-corrected chi connectivity index (χ1v) is 13.8. The summed E-state index contributed by atoms with van der Waals surface area (Å²) in [5.41, 5.74) is 4.37. The van der Waals surface area contributed by atoms with Crippen molar-refractivity contribution in [1.29, 1.82) is 5.41 Å². The van der Waals surface area contributed by atoms with Gasteiger partial charge in [-0.05, 0) is 87.7 Å². The number of fused-ring (bicyclic) bond motifs is 1. The van der Waals surface area contributed by atoms with Crippen LogP contribution in [-0.2, 0) is 13.1 Å². The minimum absolute atomic E-state index is 0.256. The first-order chi connectivity index (χ1) is 18.2. The number of hydrogen-bond donors (Lipinski definition) is 1. The van der Waals surface area contributed by atoms with Crippen molar-refractivity contribution in [3.63, 3.8) is 0 Å². The third kappa shape index (κ3) is 6.42. The molecular weight excluding hydrogens is 522 g/mol. The van der Waals surface area contributed by atoms with Crippen LogP contribution in [0.2, 0.25) is 10.0 Å². The van der Waals surface area contributed by atoms with Crippen LogP contribution in [0.5, 0.6) is 5.75 Å². The van der Waals surface area contributed by atoms with Gasteiger partial charge in [-0.1, -0.05) is 41.4 Å². The molecule has 0 aliphatic heterocycles. The number of nitrogens with one attached hydrogen (secondary N) is 1. The van der Waals surface area contributed by atoms with E-state index in [0.29, 0.717) is 59.6 Å². The van der Waals surface area contributed by atoms with Gasteiger partial charge >= 0.3 is 0 Å². The topological polar surface area (TPSA) is 46.2 Å². The Morgan fingerprint density at radius 3 is 2.16 bits per heavy atom. The largest absolute Gasteiger partial charge is 0.492 e. The van der Waals surface area contributed by atoms with Crippen LogP contribution in [-0.4, -0.2) is 39.3 Å². The number of hydrogen-bond acceptors (Lipinski definition) is 3. The Bertz CT molecular complexity index is 1440. The van der Waals surface area contributed by atoms with Gasteiger partial charge in [-0.3, -0.25) is 10.3 Å². The normalized spacial score (nSPS) is 11.8. The zero-order chi connectivity index (χ0) is 27.4. The van der Waals surface area contributed by atoms with Crippen molar-refractivity contribution in [1.82, 2.24) is 14.0 Å². The maximum Gasteiger partial charge on any atom is 0.203 e. The SMILES string of the molecule is CC(C)N(CCn1c(=N)n(CCCOc2ccc(Cl)cc2Cl)c2ccc(-c3ccc(F)cc3)cc21)C(C)C. The average Bonchev–Trinajstić information content (AvgIpc) is 3.13. The van der Waals surface area contributed by atoms with E-state index in [9.17, 15) is 4.39 Å². The standard InChI is InChI=1S/C30H35Cl2FN4O/c1-20(2)35(21(3)4)15-16-37-28-18-23(22-6-10-25(33)11-7-22)8-12-27(28)36(30(37)34)14-5-17-38-29-13-9-24(31)19-26(29)32/h6-13,18-21,34H,5,14-17H2,1-4H3. The van der Waals surface area contributed by atoms with E-state index in [0.717, 1.165) is 28.7 Å². The Morgan fingerprint density at radius 2 is 1.50 bits per heavy atom. The summed E-state index contributed by atoms with van der Waals surface area (Å²) in [5, 5.41) is 10.1. The van der Waals surface area contributed by atoms with Gasteiger partial charge in [0.25, 0.3) is 0 Å². The molecule has 0 atom stereocenters. The van der Waals surface area contributed by atoms with Crippen molar-refractivity contribution in [3.8, 4) is 16.9 Å². The van der Waals surface area contributed by atoms with Crippen molar-refractivity contribution in [2.24, 2.45) is 0 Å². The fourth-order valence-electron chi connectivity index (χ4n) is 4.94. The van der Waals surface area contributed by atoms with E-state index < -0.39 is 0 Å². The second kappa shape index (κ2) is 12.4. The zero-order valence-corrected chi connectivity index (χ0v) is 23.9. The number of imidazole rings is 1. The fraction of sp³-hybridized carbons (Fsp3) is 0.367. The third-order valence-corrected chi connectivity index (χ3v) is 7.36. The number of benzene rings is 3. The molecule has 202 valence electrons. The molecule has 0 spiro atoms. The Labute approximate surface area is 233 Å². The Balaban J connectivity index is 1.62. The number of nitrogens with zero attached hydrogens (tertiary/aromatic N) is 3. The van der Waals surface area contributed by atoms with E-state index >= 15 is 0 Å². The predicted octanol–water partition coefficient (Wildman–Crippen LogP) is 7.62. The highest BCUT2D eigenvalue weighted by Gasteiger charge is 2.17. The van der Waals surface area contributed by atoms with Crippen molar-refractivity contribution in [2.75, 3.05) is 13.2 Å². The number of halogens is 3. The van der Waals surface area contributed by atoms with E-state index in [1.807, 2.05) is 10.6 Å². The molecular formula is C30H35Cl2FN4O. The number of aryl methyl sites for hydroxylation is 1. The van der Waals surface area contributed by atoms with Crippen LogP contribution in [0.3, 0.4) is 0 Å². The summed E-state index contributed by atoms with van der Waals surface area (Å²) >= 11 is 12.2. The van der Waals surface area contributed by atoms with Crippen LogP contribution < -0.4 is 10.4 Å². The lowest BCUT2D eigenvalue weighted by atomic mass is 10.1. The highest BCUT2D eigenvalue weighted by molar-refractivity contribution is 6.35. The monoisotopic (exact) mass is 556 g/mol. The van der Waals surface area contributed by atoms with Crippen LogP contribution in [0.15, 0.2) is 60.7 Å². The van der Waals surface area contributed by atoms with Crippen LogP contribution in [0, 0.1) is 11.2 Å². The zero-order valence-electron chi connectivity index (χ0n) is 22.3. The highest BCUT2D eigenvalue weighted by Crippen LogP contribution is 2.28. The summed E-state index contributed by atoms with van der Waals surface area (Å²) in [6.45, 7) is 11.4. The van der Waals surface area contributed by atoms with Crippen LogP contribution in [0.4, 0.5) is 4.39 Å². The van der Waals surface area contributed by atoms with Crippen molar-refractivity contribution >= 4 is 34.2 Å². The Hall–Kier alpha value is -2.80. The molecule has 0 amide bonds. The molecule has 0 aliphatic rings.